The molecule has 0 unspecified atom stereocenters. The molecule has 0 aliphatic carbocycles. The van der Waals surface area contributed by atoms with Crippen molar-refractivity contribution in [1.29, 1.82) is 0 Å². The van der Waals surface area contributed by atoms with E-state index in [-0.39, 0.29) is 6.03 Å². The van der Waals surface area contributed by atoms with E-state index >= 15 is 0 Å². The number of pyridine rings is 1. The van der Waals surface area contributed by atoms with Gasteiger partial charge in [0.1, 0.15) is 0 Å². The van der Waals surface area contributed by atoms with Gasteiger partial charge in [0.25, 0.3) is 0 Å². The molecule has 132 valence electrons. The Morgan fingerprint density at radius 1 is 1.04 bits per heavy atom. The summed E-state index contributed by atoms with van der Waals surface area (Å²) in [6, 6.07) is 11.3. The molecule has 6 heteroatoms. The van der Waals surface area contributed by atoms with Crippen molar-refractivity contribution in [3.8, 4) is 0 Å². The average Bonchev–Trinajstić information content (AvgIpc) is 2.88. The molecule has 1 aromatic carbocycles. The molecule has 0 atom stereocenters. The number of carbonyl (C=O) groups is 1. The first-order chi connectivity index (χ1) is 12.2. The Kier molecular flexibility index (Phi) is 6.25. The minimum atomic E-state index is -0.0432. The summed E-state index contributed by atoms with van der Waals surface area (Å²) in [5.41, 5.74) is 2.07. The number of hydrogen-bond donors (Lipinski definition) is 1. The highest BCUT2D eigenvalue weighted by atomic mass is 35.5. The highest BCUT2D eigenvalue weighted by Crippen LogP contribution is 2.14. The number of halogens is 1. The zero-order chi connectivity index (χ0) is 17.5. The lowest BCUT2D eigenvalue weighted by Gasteiger charge is -2.22. The first-order valence-electron chi connectivity index (χ1n) is 8.63. The summed E-state index contributed by atoms with van der Waals surface area (Å²) in [6.45, 7) is 4.46. The quantitative estimate of drug-likeness (QED) is 0.909. The van der Waals surface area contributed by atoms with E-state index in [9.17, 15) is 4.79 Å². The van der Waals surface area contributed by atoms with Crippen molar-refractivity contribution in [2.24, 2.45) is 0 Å². The number of nitrogens with one attached hydrogen (secondary N) is 1. The summed E-state index contributed by atoms with van der Waals surface area (Å²) < 4.78 is 0. The standard InChI is InChI=1S/C19H23ClN4O/c20-17-2-4-18(5-3-17)22-19(25)24-12-1-11-23(14-15-24)13-8-16-6-9-21-10-7-16/h2-7,9-10H,1,8,11-15H2,(H,22,25). The largest absolute Gasteiger partial charge is 0.323 e. The molecule has 0 radical (unpaired) electrons. The van der Waals surface area contributed by atoms with E-state index in [0.717, 1.165) is 51.3 Å². The van der Waals surface area contributed by atoms with Crippen LogP contribution in [0.3, 0.4) is 0 Å². The SMILES string of the molecule is O=C(Nc1ccc(Cl)cc1)N1CCCN(CCc2ccncc2)CC1. The Morgan fingerprint density at radius 3 is 2.56 bits per heavy atom. The zero-order valence-electron chi connectivity index (χ0n) is 14.2. The Morgan fingerprint density at radius 2 is 1.80 bits per heavy atom. The lowest BCUT2D eigenvalue weighted by Crippen LogP contribution is -2.38. The summed E-state index contributed by atoms with van der Waals surface area (Å²) in [5, 5.41) is 3.61. The van der Waals surface area contributed by atoms with E-state index in [2.05, 4.69) is 27.3 Å². The van der Waals surface area contributed by atoms with Crippen LogP contribution in [0.25, 0.3) is 0 Å². The van der Waals surface area contributed by atoms with Crippen LogP contribution in [0.4, 0.5) is 10.5 Å². The van der Waals surface area contributed by atoms with Gasteiger partial charge in [0.15, 0.2) is 0 Å². The molecule has 1 aliphatic rings. The minimum Gasteiger partial charge on any atom is -0.323 e. The van der Waals surface area contributed by atoms with E-state index in [1.807, 2.05) is 29.4 Å². The molecule has 3 rings (SSSR count). The third-order valence-corrected chi connectivity index (χ3v) is 4.69. The van der Waals surface area contributed by atoms with Gasteiger partial charge < -0.3 is 15.1 Å². The molecule has 0 saturated carbocycles. The van der Waals surface area contributed by atoms with Crippen molar-refractivity contribution in [3.05, 3.63) is 59.4 Å². The van der Waals surface area contributed by atoms with Crippen LogP contribution in [0, 0.1) is 0 Å². The van der Waals surface area contributed by atoms with Gasteiger partial charge in [-0.2, -0.15) is 0 Å². The number of hydrogen-bond acceptors (Lipinski definition) is 3. The number of nitrogens with zero attached hydrogens (tertiary/aromatic N) is 3. The molecule has 2 amide bonds. The van der Waals surface area contributed by atoms with Crippen molar-refractivity contribution in [3.63, 3.8) is 0 Å². The first-order valence-corrected chi connectivity index (χ1v) is 9.01. The number of carbonyl (C=O) groups excluding carboxylic acids is 1. The highest BCUT2D eigenvalue weighted by Gasteiger charge is 2.19. The average molecular weight is 359 g/mol. The lowest BCUT2D eigenvalue weighted by atomic mass is 10.2. The second-order valence-corrected chi connectivity index (χ2v) is 6.66. The normalized spacial score (nSPS) is 15.6. The number of anilines is 1. The summed E-state index contributed by atoms with van der Waals surface area (Å²) in [6.07, 6.45) is 5.67. The first kappa shape index (κ1) is 17.7. The van der Waals surface area contributed by atoms with Gasteiger partial charge >= 0.3 is 6.03 Å². The molecule has 1 aromatic heterocycles. The van der Waals surface area contributed by atoms with E-state index < -0.39 is 0 Å². The van der Waals surface area contributed by atoms with Crippen LogP contribution in [0.15, 0.2) is 48.8 Å². The van der Waals surface area contributed by atoms with Crippen molar-refractivity contribution in [1.82, 2.24) is 14.8 Å². The molecule has 0 spiro atoms. The molecule has 25 heavy (non-hydrogen) atoms. The van der Waals surface area contributed by atoms with Crippen molar-refractivity contribution < 1.29 is 4.79 Å². The van der Waals surface area contributed by atoms with Gasteiger partial charge in [-0.3, -0.25) is 4.98 Å². The fourth-order valence-corrected chi connectivity index (χ4v) is 3.10. The van der Waals surface area contributed by atoms with Gasteiger partial charge in [-0.05, 0) is 61.3 Å². The van der Waals surface area contributed by atoms with E-state index in [1.54, 1.807) is 12.1 Å². The number of urea groups is 1. The fraction of sp³-hybridized carbons (Fsp3) is 0.368. The van der Waals surface area contributed by atoms with Gasteiger partial charge in [-0.1, -0.05) is 11.6 Å². The Bertz CT molecular complexity index is 678. The van der Waals surface area contributed by atoms with Crippen molar-refractivity contribution >= 4 is 23.3 Å². The molecular formula is C19H23ClN4O. The van der Waals surface area contributed by atoms with Crippen LogP contribution >= 0.6 is 11.6 Å². The zero-order valence-corrected chi connectivity index (χ0v) is 15.0. The fourth-order valence-electron chi connectivity index (χ4n) is 2.97. The molecule has 1 N–H and O–H groups in total. The molecule has 2 aromatic rings. The molecule has 1 fully saturated rings. The predicted octanol–water partition coefficient (Wildman–Crippen LogP) is 3.52. The van der Waals surface area contributed by atoms with Gasteiger partial charge in [0, 0.05) is 49.3 Å². The van der Waals surface area contributed by atoms with E-state index in [1.165, 1.54) is 5.56 Å². The van der Waals surface area contributed by atoms with Crippen molar-refractivity contribution in [2.45, 2.75) is 12.8 Å². The maximum atomic E-state index is 12.4. The van der Waals surface area contributed by atoms with Crippen LogP contribution < -0.4 is 5.32 Å². The van der Waals surface area contributed by atoms with Crippen molar-refractivity contribution in [2.75, 3.05) is 38.0 Å². The minimum absolute atomic E-state index is 0.0432. The van der Waals surface area contributed by atoms with Gasteiger partial charge in [0.05, 0.1) is 0 Å². The summed E-state index contributed by atoms with van der Waals surface area (Å²) in [5.74, 6) is 0. The van der Waals surface area contributed by atoms with Crippen LogP contribution in [-0.4, -0.2) is 53.5 Å². The Labute approximate surface area is 153 Å². The highest BCUT2D eigenvalue weighted by molar-refractivity contribution is 6.30. The third kappa shape index (κ3) is 5.44. The second-order valence-electron chi connectivity index (χ2n) is 6.22. The topological polar surface area (TPSA) is 48.5 Å². The summed E-state index contributed by atoms with van der Waals surface area (Å²) in [4.78, 5) is 20.8. The third-order valence-electron chi connectivity index (χ3n) is 4.44. The molecule has 2 heterocycles. The Balaban J connectivity index is 1.47. The van der Waals surface area contributed by atoms with Gasteiger partial charge in [-0.25, -0.2) is 4.79 Å². The van der Waals surface area contributed by atoms with Gasteiger partial charge in [0.2, 0.25) is 0 Å². The number of amides is 2. The van der Waals surface area contributed by atoms with Crippen LogP contribution in [-0.2, 0) is 6.42 Å². The second kappa shape index (κ2) is 8.83. The van der Waals surface area contributed by atoms with E-state index in [0.29, 0.717) is 5.02 Å². The smallest absolute Gasteiger partial charge is 0.321 e. The monoisotopic (exact) mass is 358 g/mol. The number of aromatic nitrogens is 1. The van der Waals surface area contributed by atoms with Crippen LogP contribution in [0.5, 0.6) is 0 Å². The van der Waals surface area contributed by atoms with Crippen LogP contribution in [0.2, 0.25) is 5.02 Å². The number of benzene rings is 1. The lowest BCUT2D eigenvalue weighted by molar-refractivity contribution is 0.211. The summed E-state index contributed by atoms with van der Waals surface area (Å²) in [7, 11) is 0. The molecule has 1 saturated heterocycles. The summed E-state index contributed by atoms with van der Waals surface area (Å²) >= 11 is 5.88. The molecule has 5 nitrogen and oxygen atoms in total. The predicted molar refractivity (Wildman–Crippen MR) is 101 cm³/mol. The molecular weight excluding hydrogens is 336 g/mol. The molecule has 0 bridgehead atoms. The maximum Gasteiger partial charge on any atom is 0.321 e. The van der Waals surface area contributed by atoms with E-state index in [4.69, 9.17) is 11.6 Å². The Hall–Kier alpha value is -2.11. The number of rotatable bonds is 4. The molecule has 1 aliphatic heterocycles. The maximum absolute atomic E-state index is 12.4. The van der Waals surface area contributed by atoms with Crippen LogP contribution in [0.1, 0.15) is 12.0 Å². The van der Waals surface area contributed by atoms with Gasteiger partial charge in [-0.15, -0.1) is 0 Å².